The fourth-order valence-electron chi connectivity index (χ4n) is 3.44. The highest BCUT2D eigenvalue weighted by Gasteiger charge is 2.28. The molecule has 0 radical (unpaired) electrons. The Hall–Kier alpha value is -1.47. The third-order valence-corrected chi connectivity index (χ3v) is 4.82. The van der Waals surface area contributed by atoms with E-state index in [2.05, 4.69) is 10.0 Å². The molecule has 3 rings (SSSR count). The number of hydrazone groups is 1. The number of hydrogen-bond donors (Lipinski definition) is 0. The lowest BCUT2D eigenvalue weighted by atomic mass is 10.1. The van der Waals surface area contributed by atoms with Gasteiger partial charge in [0.25, 0.3) is 5.91 Å². The summed E-state index contributed by atoms with van der Waals surface area (Å²) in [4.78, 5) is 28.4. The minimum absolute atomic E-state index is 0.0108. The Balaban J connectivity index is 1.54. The predicted molar refractivity (Wildman–Crippen MR) is 86.1 cm³/mol. The minimum Gasteiger partial charge on any atom is -0.377 e. The molecule has 0 aromatic heterocycles. The highest BCUT2D eigenvalue weighted by Crippen LogP contribution is 2.15. The summed E-state index contributed by atoms with van der Waals surface area (Å²) >= 11 is 0. The molecular weight excluding hydrogens is 296 g/mol. The maximum absolute atomic E-state index is 12.6. The van der Waals surface area contributed by atoms with Gasteiger partial charge in [-0.3, -0.25) is 14.5 Å². The van der Waals surface area contributed by atoms with E-state index >= 15 is 0 Å². The first-order valence-electron chi connectivity index (χ1n) is 8.61. The molecule has 2 saturated heterocycles. The first kappa shape index (κ1) is 16.4. The van der Waals surface area contributed by atoms with Gasteiger partial charge in [-0.15, -0.1) is 0 Å². The average Bonchev–Trinajstić information content (AvgIpc) is 2.94. The van der Waals surface area contributed by atoms with Gasteiger partial charge in [-0.05, 0) is 25.8 Å². The summed E-state index contributed by atoms with van der Waals surface area (Å²) in [6.07, 6.45) is 4.48. The number of nitrogens with zero attached hydrogens (tertiary/aromatic N) is 4. The van der Waals surface area contributed by atoms with E-state index < -0.39 is 0 Å². The average molecular weight is 322 g/mol. The van der Waals surface area contributed by atoms with Crippen molar-refractivity contribution in [1.82, 2.24) is 14.8 Å². The van der Waals surface area contributed by atoms with Gasteiger partial charge in [0.05, 0.1) is 6.10 Å². The van der Waals surface area contributed by atoms with Crippen LogP contribution in [0.15, 0.2) is 5.10 Å². The summed E-state index contributed by atoms with van der Waals surface area (Å²) in [6, 6.07) is 0. The van der Waals surface area contributed by atoms with E-state index in [1.807, 2.05) is 4.90 Å². The van der Waals surface area contributed by atoms with E-state index in [0.29, 0.717) is 24.7 Å². The topological polar surface area (TPSA) is 65.5 Å². The number of carbonyl (C=O) groups excluding carboxylic acids is 2. The Morgan fingerprint density at radius 1 is 1.22 bits per heavy atom. The molecule has 0 bridgehead atoms. The van der Waals surface area contributed by atoms with Crippen molar-refractivity contribution in [2.45, 2.75) is 38.2 Å². The van der Waals surface area contributed by atoms with Gasteiger partial charge >= 0.3 is 0 Å². The number of rotatable bonds is 3. The van der Waals surface area contributed by atoms with Crippen LogP contribution in [0.2, 0.25) is 0 Å². The quantitative estimate of drug-likeness (QED) is 0.750. The first-order valence-corrected chi connectivity index (χ1v) is 8.61. The molecular formula is C16H26N4O3. The summed E-state index contributed by atoms with van der Waals surface area (Å²) < 4.78 is 5.71. The standard InChI is InChI=1S/C16H26N4O3/c1-18-15(21)6-5-14(17-18)16(22)20-8-3-7-19(9-10-20)12-13-4-2-11-23-13/h13H,2-12H2,1H3. The van der Waals surface area contributed by atoms with Gasteiger partial charge < -0.3 is 9.64 Å². The van der Waals surface area contributed by atoms with Crippen LogP contribution in [-0.4, -0.2) is 84.8 Å². The summed E-state index contributed by atoms with van der Waals surface area (Å²) in [5, 5.41) is 5.44. The van der Waals surface area contributed by atoms with Crippen LogP contribution >= 0.6 is 0 Å². The van der Waals surface area contributed by atoms with Gasteiger partial charge in [-0.2, -0.15) is 5.10 Å². The monoisotopic (exact) mass is 322 g/mol. The highest BCUT2D eigenvalue weighted by atomic mass is 16.5. The minimum atomic E-state index is -0.0276. The predicted octanol–water partition coefficient (Wildman–Crippen LogP) is 0.308. The first-order chi connectivity index (χ1) is 11.1. The third kappa shape index (κ3) is 4.09. The Morgan fingerprint density at radius 2 is 2.09 bits per heavy atom. The van der Waals surface area contributed by atoms with E-state index in [9.17, 15) is 9.59 Å². The molecule has 7 heteroatoms. The van der Waals surface area contributed by atoms with Crippen molar-refractivity contribution >= 4 is 17.5 Å². The molecule has 128 valence electrons. The largest absolute Gasteiger partial charge is 0.377 e. The van der Waals surface area contributed by atoms with Gasteiger partial charge in [-0.1, -0.05) is 0 Å². The third-order valence-electron chi connectivity index (χ3n) is 4.82. The van der Waals surface area contributed by atoms with Crippen molar-refractivity contribution in [3.8, 4) is 0 Å². The molecule has 3 aliphatic rings. The fourth-order valence-corrected chi connectivity index (χ4v) is 3.44. The smallest absolute Gasteiger partial charge is 0.270 e. The van der Waals surface area contributed by atoms with E-state index in [1.54, 1.807) is 7.05 Å². The lowest BCUT2D eigenvalue weighted by molar-refractivity contribution is -0.130. The molecule has 0 spiro atoms. The van der Waals surface area contributed by atoms with Crippen LogP contribution in [0.4, 0.5) is 0 Å². The zero-order chi connectivity index (χ0) is 16.2. The molecule has 1 unspecified atom stereocenters. The molecule has 2 fully saturated rings. The van der Waals surface area contributed by atoms with Gasteiger partial charge in [0, 0.05) is 52.7 Å². The molecule has 7 nitrogen and oxygen atoms in total. The van der Waals surface area contributed by atoms with Crippen LogP contribution in [0.5, 0.6) is 0 Å². The Bertz CT molecular complexity index is 488. The highest BCUT2D eigenvalue weighted by molar-refractivity contribution is 6.39. The second-order valence-electron chi connectivity index (χ2n) is 6.55. The second kappa shape index (κ2) is 7.40. The molecule has 23 heavy (non-hydrogen) atoms. The molecule has 0 saturated carbocycles. The van der Waals surface area contributed by atoms with Crippen LogP contribution < -0.4 is 0 Å². The van der Waals surface area contributed by atoms with Crippen LogP contribution in [0.25, 0.3) is 0 Å². The summed E-state index contributed by atoms with van der Waals surface area (Å²) in [7, 11) is 1.61. The summed E-state index contributed by atoms with van der Waals surface area (Å²) in [5.41, 5.74) is 0.514. The van der Waals surface area contributed by atoms with Crippen LogP contribution in [0, 0.1) is 0 Å². The van der Waals surface area contributed by atoms with E-state index in [0.717, 1.165) is 58.6 Å². The van der Waals surface area contributed by atoms with Gasteiger partial charge in [-0.25, -0.2) is 5.01 Å². The van der Waals surface area contributed by atoms with Crippen LogP contribution in [-0.2, 0) is 14.3 Å². The fraction of sp³-hybridized carbons (Fsp3) is 0.812. The van der Waals surface area contributed by atoms with Crippen LogP contribution in [0.1, 0.15) is 32.1 Å². The molecule has 3 heterocycles. The molecule has 0 aromatic carbocycles. The van der Waals surface area contributed by atoms with Crippen molar-refractivity contribution in [1.29, 1.82) is 0 Å². The summed E-state index contributed by atoms with van der Waals surface area (Å²) in [5.74, 6) is -0.0385. The van der Waals surface area contributed by atoms with Crippen LogP contribution in [0.3, 0.4) is 0 Å². The SMILES string of the molecule is CN1N=C(C(=O)N2CCCN(CC3CCCO3)CC2)CCC1=O. The Morgan fingerprint density at radius 3 is 2.83 bits per heavy atom. The van der Waals surface area contributed by atoms with E-state index in [-0.39, 0.29) is 11.8 Å². The molecule has 3 aliphatic heterocycles. The zero-order valence-corrected chi connectivity index (χ0v) is 13.9. The zero-order valence-electron chi connectivity index (χ0n) is 13.9. The van der Waals surface area contributed by atoms with Crippen molar-refractivity contribution in [3.63, 3.8) is 0 Å². The Labute approximate surface area is 137 Å². The maximum atomic E-state index is 12.6. The van der Waals surface area contributed by atoms with E-state index in [4.69, 9.17) is 4.74 Å². The molecule has 2 amide bonds. The van der Waals surface area contributed by atoms with Crippen molar-refractivity contribution in [2.75, 3.05) is 46.4 Å². The van der Waals surface area contributed by atoms with E-state index in [1.165, 1.54) is 5.01 Å². The number of carbonyl (C=O) groups is 2. The number of ether oxygens (including phenoxy) is 1. The lowest BCUT2D eigenvalue weighted by Crippen LogP contribution is -2.42. The molecule has 0 aliphatic carbocycles. The Kier molecular flexibility index (Phi) is 5.27. The van der Waals surface area contributed by atoms with Gasteiger partial charge in [0.2, 0.25) is 5.91 Å². The molecule has 0 aromatic rings. The second-order valence-corrected chi connectivity index (χ2v) is 6.55. The number of hydrogen-bond acceptors (Lipinski definition) is 5. The van der Waals surface area contributed by atoms with Gasteiger partial charge in [0.15, 0.2) is 0 Å². The normalized spacial score (nSPS) is 27.1. The van der Waals surface area contributed by atoms with Crippen molar-refractivity contribution in [3.05, 3.63) is 0 Å². The van der Waals surface area contributed by atoms with Gasteiger partial charge in [0.1, 0.15) is 5.71 Å². The molecule has 0 N–H and O–H groups in total. The molecule has 1 atom stereocenters. The maximum Gasteiger partial charge on any atom is 0.270 e. The lowest BCUT2D eigenvalue weighted by Gasteiger charge is -2.25. The summed E-state index contributed by atoms with van der Waals surface area (Å²) in [6.45, 7) is 5.23. The van der Waals surface area contributed by atoms with Crippen molar-refractivity contribution < 1.29 is 14.3 Å². The number of amides is 2. The van der Waals surface area contributed by atoms with Crippen molar-refractivity contribution in [2.24, 2.45) is 5.10 Å².